The number of carbonyl (C=O) groups excluding carboxylic acids is 1. The molecule has 1 aromatic carbocycles. The van der Waals surface area contributed by atoms with Crippen molar-refractivity contribution in [3.8, 4) is 0 Å². The number of nitrogens with one attached hydrogen (secondary N) is 2. The number of anilines is 1. The van der Waals surface area contributed by atoms with Gasteiger partial charge in [0, 0.05) is 17.8 Å². The van der Waals surface area contributed by atoms with Crippen LogP contribution in [0.25, 0.3) is 0 Å². The molecule has 0 fully saturated rings. The topological polar surface area (TPSA) is 70.6 Å². The molecule has 0 saturated heterocycles. The minimum Gasteiger partial charge on any atom is -0.394 e. The van der Waals surface area contributed by atoms with E-state index in [1.54, 1.807) is 12.1 Å². The van der Waals surface area contributed by atoms with Crippen molar-refractivity contribution in [1.82, 2.24) is 5.32 Å². The summed E-state index contributed by atoms with van der Waals surface area (Å²) in [6.45, 7) is 1.95. The SMILES string of the molecule is COCC(CO)NC(=O)Nc1ccc(C)c(Cl)c1. The minimum atomic E-state index is -0.434. The Morgan fingerprint density at radius 2 is 2.28 bits per heavy atom. The van der Waals surface area contributed by atoms with Crippen LogP contribution < -0.4 is 10.6 Å². The molecular formula is C12H17ClN2O3. The van der Waals surface area contributed by atoms with Crippen LogP contribution in [0.15, 0.2) is 18.2 Å². The molecule has 0 aromatic heterocycles. The average molecular weight is 273 g/mol. The van der Waals surface area contributed by atoms with Crippen LogP contribution in [-0.2, 0) is 4.74 Å². The first-order valence-electron chi connectivity index (χ1n) is 5.50. The lowest BCUT2D eigenvalue weighted by molar-refractivity contribution is 0.132. The molecule has 0 aliphatic rings. The van der Waals surface area contributed by atoms with E-state index in [4.69, 9.17) is 21.4 Å². The molecule has 3 N–H and O–H groups in total. The molecule has 0 radical (unpaired) electrons. The Labute approximate surface area is 111 Å². The number of halogens is 1. The number of ether oxygens (including phenoxy) is 1. The molecule has 0 spiro atoms. The standard InChI is InChI=1S/C12H17ClN2O3/c1-8-3-4-9(5-11(8)13)14-12(17)15-10(6-16)7-18-2/h3-5,10,16H,6-7H2,1-2H3,(H2,14,15,17). The number of aliphatic hydroxyl groups excluding tert-OH is 1. The fourth-order valence-electron chi connectivity index (χ4n) is 1.36. The number of carbonyl (C=O) groups is 1. The summed E-state index contributed by atoms with van der Waals surface area (Å²) < 4.78 is 4.86. The van der Waals surface area contributed by atoms with Gasteiger partial charge in [0.15, 0.2) is 0 Å². The molecule has 1 rings (SSSR count). The molecule has 5 nitrogen and oxygen atoms in total. The third-order valence-electron chi connectivity index (χ3n) is 2.35. The van der Waals surface area contributed by atoms with Crippen LogP contribution in [-0.4, -0.2) is 37.5 Å². The highest BCUT2D eigenvalue weighted by Gasteiger charge is 2.11. The van der Waals surface area contributed by atoms with Gasteiger partial charge in [-0.25, -0.2) is 4.79 Å². The predicted molar refractivity (Wildman–Crippen MR) is 71.1 cm³/mol. The van der Waals surface area contributed by atoms with Gasteiger partial charge in [-0.3, -0.25) is 0 Å². The number of amides is 2. The summed E-state index contributed by atoms with van der Waals surface area (Å²) in [4.78, 5) is 11.6. The van der Waals surface area contributed by atoms with Crippen molar-refractivity contribution in [3.05, 3.63) is 28.8 Å². The highest BCUT2D eigenvalue weighted by atomic mass is 35.5. The lowest BCUT2D eigenvalue weighted by Gasteiger charge is -2.16. The minimum absolute atomic E-state index is 0.185. The van der Waals surface area contributed by atoms with Crippen molar-refractivity contribution in [2.24, 2.45) is 0 Å². The van der Waals surface area contributed by atoms with Gasteiger partial charge in [-0.05, 0) is 24.6 Å². The molecule has 0 saturated carbocycles. The Balaban J connectivity index is 2.55. The van der Waals surface area contributed by atoms with Crippen LogP contribution in [0.2, 0.25) is 5.02 Å². The van der Waals surface area contributed by atoms with E-state index in [1.165, 1.54) is 7.11 Å². The van der Waals surface area contributed by atoms with Gasteiger partial charge in [-0.15, -0.1) is 0 Å². The Morgan fingerprint density at radius 3 is 2.83 bits per heavy atom. The van der Waals surface area contributed by atoms with Gasteiger partial charge in [-0.1, -0.05) is 17.7 Å². The van der Waals surface area contributed by atoms with Gasteiger partial charge >= 0.3 is 6.03 Å². The van der Waals surface area contributed by atoms with Gasteiger partial charge in [-0.2, -0.15) is 0 Å². The van der Waals surface area contributed by atoms with Gasteiger partial charge < -0.3 is 20.5 Å². The zero-order valence-corrected chi connectivity index (χ0v) is 11.1. The van der Waals surface area contributed by atoms with Crippen molar-refractivity contribution >= 4 is 23.3 Å². The molecule has 100 valence electrons. The number of rotatable bonds is 5. The highest BCUT2D eigenvalue weighted by molar-refractivity contribution is 6.31. The Kier molecular flexibility index (Phi) is 5.91. The largest absolute Gasteiger partial charge is 0.394 e. The molecule has 0 bridgehead atoms. The molecule has 1 unspecified atom stereocenters. The number of hydrogen-bond acceptors (Lipinski definition) is 3. The number of aliphatic hydroxyl groups is 1. The summed E-state index contributed by atoms with van der Waals surface area (Å²) in [5.41, 5.74) is 1.53. The molecule has 0 aliphatic heterocycles. The van der Waals surface area contributed by atoms with E-state index in [0.717, 1.165) is 5.56 Å². The fraction of sp³-hybridized carbons (Fsp3) is 0.417. The number of urea groups is 1. The fourth-order valence-corrected chi connectivity index (χ4v) is 1.54. The molecule has 1 atom stereocenters. The second kappa shape index (κ2) is 7.20. The van der Waals surface area contributed by atoms with Crippen LogP contribution in [0.5, 0.6) is 0 Å². The molecule has 1 aromatic rings. The second-order valence-electron chi connectivity index (χ2n) is 3.90. The first-order valence-corrected chi connectivity index (χ1v) is 5.88. The van der Waals surface area contributed by atoms with Crippen LogP contribution in [0, 0.1) is 6.92 Å². The van der Waals surface area contributed by atoms with Crippen molar-refractivity contribution in [3.63, 3.8) is 0 Å². The molecule has 18 heavy (non-hydrogen) atoms. The number of hydrogen-bond donors (Lipinski definition) is 3. The van der Waals surface area contributed by atoms with Crippen molar-refractivity contribution in [1.29, 1.82) is 0 Å². The first kappa shape index (κ1) is 14.8. The predicted octanol–water partition coefficient (Wildman–Crippen LogP) is 1.78. The monoisotopic (exact) mass is 272 g/mol. The van der Waals surface area contributed by atoms with Crippen LogP contribution in [0.1, 0.15) is 5.56 Å². The van der Waals surface area contributed by atoms with Crippen LogP contribution >= 0.6 is 11.6 Å². The molecule has 6 heteroatoms. The third kappa shape index (κ3) is 4.52. The van der Waals surface area contributed by atoms with Gasteiger partial charge in [0.05, 0.1) is 19.3 Å². The molecule has 0 aliphatic carbocycles. The summed E-state index contributed by atoms with van der Waals surface area (Å²) in [7, 11) is 1.50. The van der Waals surface area contributed by atoms with Crippen molar-refractivity contribution in [2.45, 2.75) is 13.0 Å². The Hall–Kier alpha value is -1.30. The summed E-state index contributed by atoms with van der Waals surface area (Å²) in [6.07, 6.45) is 0. The van der Waals surface area contributed by atoms with Crippen LogP contribution in [0.4, 0.5) is 10.5 Å². The Morgan fingerprint density at radius 1 is 1.56 bits per heavy atom. The zero-order valence-electron chi connectivity index (χ0n) is 10.4. The van der Waals surface area contributed by atoms with E-state index < -0.39 is 12.1 Å². The smallest absolute Gasteiger partial charge is 0.319 e. The molecular weight excluding hydrogens is 256 g/mol. The normalized spacial score (nSPS) is 12.0. The van der Waals surface area contributed by atoms with E-state index in [-0.39, 0.29) is 13.2 Å². The molecule has 0 heterocycles. The van der Waals surface area contributed by atoms with Gasteiger partial charge in [0.25, 0.3) is 0 Å². The first-order chi connectivity index (χ1) is 8.56. The maximum absolute atomic E-state index is 11.6. The zero-order chi connectivity index (χ0) is 13.5. The van der Waals surface area contributed by atoms with E-state index in [9.17, 15) is 4.79 Å². The van der Waals surface area contributed by atoms with Gasteiger partial charge in [0.1, 0.15) is 0 Å². The summed E-state index contributed by atoms with van der Waals surface area (Å²) in [6, 6.07) is 4.39. The van der Waals surface area contributed by atoms with Gasteiger partial charge in [0.2, 0.25) is 0 Å². The van der Waals surface area contributed by atoms with Crippen molar-refractivity contribution in [2.75, 3.05) is 25.6 Å². The van der Waals surface area contributed by atoms with Crippen molar-refractivity contribution < 1.29 is 14.6 Å². The van der Waals surface area contributed by atoms with E-state index in [1.807, 2.05) is 13.0 Å². The molecule has 2 amide bonds. The maximum Gasteiger partial charge on any atom is 0.319 e. The van der Waals surface area contributed by atoms with E-state index >= 15 is 0 Å². The summed E-state index contributed by atoms with van der Waals surface area (Å²) >= 11 is 5.95. The maximum atomic E-state index is 11.6. The number of aryl methyl sites for hydroxylation is 1. The van der Waals surface area contributed by atoms with E-state index in [0.29, 0.717) is 10.7 Å². The average Bonchev–Trinajstić information content (AvgIpc) is 2.33. The summed E-state index contributed by atoms with van der Waals surface area (Å²) in [5.74, 6) is 0. The second-order valence-corrected chi connectivity index (χ2v) is 4.30. The summed E-state index contributed by atoms with van der Waals surface area (Å²) in [5, 5.41) is 14.8. The quantitative estimate of drug-likeness (QED) is 0.765. The van der Waals surface area contributed by atoms with E-state index in [2.05, 4.69) is 10.6 Å². The lowest BCUT2D eigenvalue weighted by atomic mass is 10.2. The van der Waals surface area contributed by atoms with Crippen LogP contribution in [0.3, 0.4) is 0 Å². The number of methoxy groups -OCH3 is 1. The third-order valence-corrected chi connectivity index (χ3v) is 2.76. The Bertz CT molecular complexity index is 412. The highest BCUT2D eigenvalue weighted by Crippen LogP contribution is 2.19. The lowest BCUT2D eigenvalue weighted by Crippen LogP contribution is -2.42. The number of benzene rings is 1.